The molecule has 120 valence electrons. The Balaban J connectivity index is 1.95. The second kappa shape index (κ2) is 7.51. The molecule has 1 saturated heterocycles. The van der Waals surface area contributed by atoms with E-state index >= 15 is 0 Å². The van der Waals surface area contributed by atoms with Crippen LogP contribution in [0, 0.1) is 0 Å². The number of allylic oxidation sites excluding steroid dienone is 1. The van der Waals surface area contributed by atoms with E-state index in [9.17, 15) is 13.2 Å². The lowest BCUT2D eigenvalue weighted by molar-refractivity contribution is -0.114. The molecule has 22 heavy (non-hydrogen) atoms. The summed E-state index contributed by atoms with van der Waals surface area (Å²) in [7, 11) is -3.69. The Morgan fingerprint density at radius 2 is 2.14 bits per heavy atom. The zero-order valence-electron chi connectivity index (χ0n) is 12.5. The van der Waals surface area contributed by atoms with Gasteiger partial charge in [-0.15, -0.1) is 0 Å². The van der Waals surface area contributed by atoms with Crippen LogP contribution in [0.2, 0.25) is 0 Å². The highest BCUT2D eigenvalue weighted by Gasteiger charge is 2.23. The molecule has 1 N–H and O–H groups in total. The lowest BCUT2D eigenvalue weighted by Gasteiger charge is -2.22. The van der Waals surface area contributed by atoms with E-state index in [1.165, 1.54) is 6.08 Å². The van der Waals surface area contributed by atoms with Gasteiger partial charge in [-0.1, -0.05) is 0 Å². The van der Waals surface area contributed by atoms with Crippen LogP contribution in [0.25, 0.3) is 5.57 Å². The molecule has 0 radical (unpaired) electrons. The van der Waals surface area contributed by atoms with Gasteiger partial charge >= 0.3 is 0 Å². The molecular weight excluding hydrogens is 304 g/mol. The topological polar surface area (TPSA) is 85.4 Å². The number of rotatable bonds is 5. The number of sulfonamides is 1. The van der Waals surface area contributed by atoms with Gasteiger partial charge in [0.25, 0.3) is 5.91 Å². The van der Waals surface area contributed by atoms with E-state index in [2.05, 4.69) is 9.71 Å². The number of carbonyl (C=O) groups is 1. The highest BCUT2D eigenvalue weighted by molar-refractivity contribution is 7.90. The second-order valence-corrected chi connectivity index (χ2v) is 7.07. The number of aromatic nitrogens is 1. The molecule has 1 amide bonds. The van der Waals surface area contributed by atoms with Crippen LogP contribution in [0.4, 0.5) is 0 Å². The van der Waals surface area contributed by atoms with E-state index in [0.717, 1.165) is 18.4 Å². The van der Waals surface area contributed by atoms with Gasteiger partial charge in [0.2, 0.25) is 10.0 Å². The average Bonchev–Trinajstić information content (AvgIpc) is 2.47. The maximum atomic E-state index is 12.0. The molecule has 0 aliphatic carbocycles. The predicted octanol–water partition coefficient (Wildman–Crippen LogP) is 1.50. The van der Waals surface area contributed by atoms with E-state index in [1.54, 1.807) is 31.5 Å². The number of nitrogens with one attached hydrogen (secondary N) is 1. The zero-order valence-corrected chi connectivity index (χ0v) is 13.3. The van der Waals surface area contributed by atoms with Crippen molar-refractivity contribution in [3.8, 4) is 0 Å². The normalized spacial score (nSPS) is 19.7. The molecular formula is C15H20N2O4S. The molecule has 2 heterocycles. The van der Waals surface area contributed by atoms with Gasteiger partial charge < -0.3 is 4.74 Å². The van der Waals surface area contributed by atoms with Crippen molar-refractivity contribution in [2.24, 2.45) is 0 Å². The summed E-state index contributed by atoms with van der Waals surface area (Å²) in [6.07, 6.45) is 6.79. The Labute approximate surface area is 130 Å². The van der Waals surface area contributed by atoms with Gasteiger partial charge in [0, 0.05) is 25.1 Å². The smallest absolute Gasteiger partial charge is 0.257 e. The summed E-state index contributed by atoms with van der Waals surface area (Å²) >= 11 is 0. The number of hydrogen-bond donors (Lipinski definition) is 1. The summed E-state index contributed by atoms with van der Waals surface area (Å²) in [5, 5.41) is 0. The fourth-order valence-corrected chi connectivity index (χ4v) is 3.50. The van der Waals surface area contributed by atoms with Crippen molar-refractivity contribution in [1.82, 2.24) is 9.71 Å². The molecule has 0 saturated carbocycles. The van der Waals surface area contributed by atoms with Crippen molar-refractivity contribution in [2.75, 3.05) is 12.4 Å². The average molecular weight is 324 g/mol. The van der Waals surface area contributed by atoms with E-state index in [0.29, 0.717) is 18.6 Å². The fraction of sp³-hybridized carbons (Fsp3) is 0.467. The van der Waals surface area contributed by atoms with Gasteiger partial charge in [-0.05, 0) is 49.5 Å². The third-order valence-corrected chi connectivity index (χ3v) is 4.74. The summed E-state index contributed by atoms with van der Waals surface area (Å²) in [5.74, 6) is -0.828. The first-order valence-electron chi connectivity index (χ1n) is 7.21. The molecule has 1 aromatic rings. The number of carbonyl (C=O) groups excluding carboxylic acids is 1. The highest BCUT2D eigenvalue weighted by Crippen LogP contribution is 2.14. The predicted molar refractivity (Wildman–Crippen MR) is 83.4 cm³/mol. The Kier molecular flexibility index (Phi) is 5.68. The minimum Gasteiger partial charge on any atom is -0.377 e. The number of ether oxygens (including phenoxy) is 1. The molecule has 1 atom stereocenters. The van der Waals surface area contributed by atoms with Crippen LogP contribution in [-0.2, 0) is 19.6 Å². The quantitative estimate of drug-likeness (QED) is 0.830. The van der Waals surface area contributed by atoms with Crippen molar-refractivity contribution in [1.29, 1.82) is 0 Å². The maximum Gasteiger partial charge on any atom is 0.257 e. The summed E-state index contributed by atoms with van der Waals surface area (Å²) < 4.78 is 31.4. The molecule has 0 aromatic carbocycles. The van der Waals surface area contributed by atoms with E-state index in [-0.39, 0.29) is 11.9 Å². The molecule has 7 heteroatoms. The first kappa shape index (κ1) is 16.6. The van der Waals surface area contributed by atoms with Crippen LogP contribution < -0.4 is 4.72 Å². The van der Waals surface area contributed by atoms with E-state index in [4.69, 9.17) is 4.74 Å². The molecule has 1 unspecified atom stereocenters. The number of pyridine rings is 1. The molecule has 1 fully saturated rings. The van der Waals surface area contributed by atoms with Gasteiger partial charge in [-0.25, -0.2) is 13.1 Å². The van der Waals surface area contributed by atoms with Crippen molar-refractivity contribution in [3.05, 3.63) is 36.2 Å². The molecule has 2 rings (SSSR count). The van der Waals surface area contributed by atoms with Crippen molar-refractivity contribution < 1.29 is 17.9 Å². The minimum absolute atomic E-state index is 0.180. The van der Waals surface area contributed by atoms with Crippen LogP contribution >= 0.6 is 0 Å². The van der Waals surface area contributed by atoms with Crippen molar-refractivity contribution in [3.63, 3.8) is 0 Å². The summed E-state index contributed by atoms with van der Waals surface area (Å²) in [6.45, 7) is 2.32. The lowest BCUT2D eigenvalue weighted by Crippen LogP contribution is -2.37. The molecule has 0 bridgehead atoms. The van der Waals surface area contributed by atoms with Crippen LogP contribution in [0.15, 0.2) is 30.6 Å². The van der Waals surface area contributed by atoms with Gasteiger partial charge in [0.1, 0.15) is 0 Å². The number of nitrogens with zero attached hydrogens (tertiary/aromatic N) is 1. The molecule has 6 nitrogen and oxygen atoms in total. The SMILES string of the molecule is CC(=CC(=O)NS(=O)(=O)CC1CCCCO1)c1ccncc1. The maximum absolute atomic E-state index is 12.0. The van der Waals surface area contributed by atoms with Crippen LogP contribution in [0.5, 0.6) is 0 Å². The van der Waals surface area contributed by atoms with Gasteiger partial charge in [-0.2, -0.15) is 0 Å². The van der Waals surface area contributed by atoms with Crippen molar-refractivity contribution in [2.45, 2.75) is 32.3 Å². The van der Waals surface area contributed by atoms with Gasteiger partial charge in [-0.3, -0.25) is 9.78 Å². The Bertz CT molecular complexity index is 635. The summed E-state index contributed by atoms with van der Waals surface area (Å²) in [4.78, 5) is 15.8. The van der Waals surface area contributed by atoms with E-state index < -0.39 is 15.9 Å². The number of amides is 1. The molecule has 0 spiro atoms. The van der Waals surface area contributed by atoms with Crippen LogP contribution in [-0.4, -0.2) is 37.8 Å². The summed E-state index contributed by atoms with van der Waals surface area (Å²) in [6, 6.07) is 3.51. The molecule has 1 aliphatic heterocycles. The Hall–Kier alpha value is -1.73. The second-order valence-electron chi connectivity index (χ2n) is 5.30. The summed E-state index contributed by atoms with van der Waals surface area (Å²) in [5.41, 5.74) is 1.49. The Morgan fingerprint density at radius 3 is 2.77 bits per heavy atom. The molecule has 1 aromatic heterocycles. The van der Waals surface area contributed by atoms with Crippen molar-refractivity contribution >= 4 is 21.5 Å². The lowest BCUT2D eigenvalue weighted by atomic mass is 10.1. The zero-order chi connectivity index (χ0) is 16.0. The largest absolute Gasteiger partial charge is 0.377 e. The first-order valence-corrected chi connectivity index (χ1v) is 8.86. The third-order valence-electron chi connectivity index (χ3n) is 3.42. The first-order chi connectivity index (χ1) is 10.5. The number of hydrogen-bond acceptors (Lipinski definition) is 5. The highest BCUT2D eigenvalue weighted by atomic mass is 32.2. The van der Waals surface area contributed by atoms with Crippen LogP contribution in [0.3, 0.4) is 0 Å². The van der Waals surface area contributed by atoms with Crippen LogP contribution in [0.1, 0.15) is 31.7 Å². The van der Waals surface area contributed by atoms with Gasteiger partial charge in [0.05, 0.1) is 11.9 Å². The standard InChI is InChI=1S/C15H20N2O4S/c1-12(13-5-7-16-8-6-13)10-15(18)17-22(19,20)11-14-4-2-3-9-21-14/h5-8,10,14H,2-4,9,11H2,1H3,(H,17,18). The fourth-order valence-electron chi connectivity index (χ4n) is 2.30. The monoisotopic (exact) mass is 324 g/mol. The molecule has 1 aliphatic rings. The Morgan fingerprint density at radius 1 is 1.41 bits per heavy atom. The third kappa shape index (κ3) is 5.23. The van der Waals surface area contributed by atoms with Gasteiger partial charge in [0.15, 0.2) is 0 Å². The van der Waals surface area contributed by atoms with E-state index in [1.807, 2.05) is 0 Å². The minimum atomic E-state index is -3.69.